The summed E-state index contributed by atoms with van der Waals surface area (Å²) in [5.41, 5.74) is 6.02. The summed E-state index contributed by atoms with van der Waals surface area (Å²) in [6.45, 7) is 3.97. The van der Waals surface area contributed by atoms with Crippen LogP contribution in [-0.2, 0) is 10.0 Å². The SMILES string of the molecule is CCCC(CC)NS(=O)(=O)c1cc(Cl)cc(N)c1Br. The van der Waals surface area contributed by atoms with Gasteiger partial charge in [-0.25, -0.2) is 13.1 Å². The molecule has 7 heteroatoms. The van der Waals surface area contributed by atoms with Crippen LogP contribution in [0.3, 0.4) is 0 Å². The van der Waals surface area contributed by atoms with Crippen molar-refractivity contribution >= 4 is 43.2 Å². The Morgan fingerprint density at radius 3 is 2.58 bits per heavy atom. The number of rotatable bonds is 6. The fourth-order valence-corrected chi connectivity index (χ4v) is 4.40. The van der Waals surface area contributed by atoms with Gasteiger partial charge in [-0.1, -0.05) is 31.9 Å². The van der Waals surface area contributed by atoms with Gasteiger partial charge in [-0.15, -0.1) is 0 Å². The molecule has 0 fully saturated rings. The highest BCUT2D eigenvalue weighted by Gasteiger charge is 2.22. The van der Waals surface area contributed by atoms with E-state index in [1.165, 1.54) is 12.1 Å². The lowest BCUT2D eigenvalue weighted by atomic mass is 10.1. The summed E-state index contributed by atoms with van der Waals surface area (Å²) in [6, 6.07) is 2.82. The highest BCUT2D eigenvalue weighted by Crippen LogP contribution is 2.31. The molecule has 0 aromatic heterocycles. The maximum Gasteiger partial charge on any atom is 0.242 e. The summed E-state index contributed by atoms with van der Waals surface area (Å²) >= 11 is 9.06. The minimum atomic E-state index is -3.63. The molecule has 1 unspecified atom stereocenters. The Kier molecular flexibility index (Phi) is 6.11. The van der Waals surface area contributed by atoms with Gasteiger partial charge < -0.3 is 5.73 Å². The molecule has 0 saturated heterocycles. The summed E-state index contributed by atoms with van der Waals surface area (Å²) in [4.78, 5) is 0.0760. The lowest BCUT2D eigenvalue weighted by Crippen LogP contribution is -2.34. The molecule has 0 spiro atoms. The van der Waals surface area contributed by atoms with Crippen molar-refractivity contribution < 1.29 is 8.42 Å². The summed E-state index contributed by atoms with van der Waals surface area (Å²) in [7, 11) is -3.63. The second kappa shape index (κ2) is 6.92. The molecule has 19 heavy (non-hydrogen) atoms. The lowest BCUT2D eigenvalue weighted by Gasteiger charge is -2.17. The van der Waals surface area contributed by atoms with Crippen LogP contribution in [0.25, 0.3) is 0 Å². The second-order valence-corrected chi connectivity index (χ2v) is 7.23. The number of nitrogens with one attached hydrogen (secondary N) is 1. The van der Waals surface area contributed by atoms with E-state index in [1.807, 2.05) is 13.8 Å². The van der Waals surface area contributed by atoms with Crippen LogP contribution in [0, 0.1) is 0 Å². The Morgan fingerprint density at radius 1 is 1.42 bits per heavy atom. The van der Waals surface area contributed by atoms with E-state index in [0.717, 1.165) is 19.3 Å². The molecule has 0 aliphatic heterocycles. The van der Waals surface area contributed by atoms with Crippen LogP contribution < -0.4 is 10.5 Å². The van der Waals surface area contributed by atoms with E-state index < -0.39 is 10.0 Å². The molecule has 1 aromatic rings. The number of sulfonamides is 1. The van der Waals surface area contributed by atoms with Crippen molar-refractivity contribution in [3.63, 3.8) is 0 Å². The zero-order valence-electron chi connectivity index (χ0n) is 10.9. The van der Waals surface area contributed by atoms with Crippen LogP contribution in [0.2, 0.25) is 5.02 Å². The zero-order valence-corrected chi connectivity index (χ0v) is 14.1. The first-order valence-electron chi connectivity index (χ1n) is 6.08. The number of benzene rings is 1. The van der Waals surface area contributed by atoms with Crippen molar-refractivity contribution in [3.05, 3.63) is 21.6 Å². The standard InChI is InChI=1S/C12H18BrClN2O2S/c1-3-5-9(4-2)16-19(17,18)11-7-8(14)6-10(15)12(11)13/h6-7,9,16H,3-5,15H2,1-2H3. The molecule has 0 saturated carbocycles. The highest BCUT2D eigenvalue weighted by molar-refractivity contribution is 9.10. The van der Waals surface area contributed by atoms with E-state index in [1.54, 1.807) is 0 Å². The van der Waals surface area contributed by atoms with Gasteiger partial charge in [0.15, 0.2) is 0 Å². The molecule has 0 heterocycles. The molecule has 0 aliphatic carbocycles. The second-order valence-electron chi connectivity index (χ2n) is 4.32. The van der Waals surface area contributed by atoms with E-state index in [-0.39, 0.29) is 10.9 Å². The van der Waals surface area contributed by atoms with Crippen LogP contribution in [0.5, 0.6) is 0 Å². The first kappa shape index (κ1) is 16.8. The monoisotopic (exact) mass is 368 g/mol. The number of nitrogens with two attached hydrogens (primary N) is 1. The van der Waals surface area contributed by atoms with Crippen LogP contribution in [0.15, 0.2) is 21.5 Å². The smallest absolute Gasteiger partial charge is 0.242 e. The normalized spacial score (nSPS) is 13.5. The highest BCUT2D eigenvalue weighted by atomic mass is 79.9. The third-order valence-electron chi connectivity index (χ3n) is 2.77. The van der Waals surface area contributed by atoms with E-state index in [2.05, 4.69) is 20.7 Å². The lowest BCUT2D eigenvalue weighted by molar-refractivity contribution is 0.512. The van der Waals surface area contributed by atoms with Crippen molar-refractivity contribution in [2.24, 2.45) is 0 Å². The van der Waals surface area contributed by atoms with Crippen LogP contribution >= 0.6 is 27.5 Å². The predicted octanol–water partition coefficient (Wildman–Crippen LogP) is 3.54. The predicted molar refractivity (Wildman–Crippen MR) is 82.9 cm³/mol. The summed E-state index contributed by atoms with van der Waals surface area (Å²) in [5, 5.41) is 0.296. The maximum absolute atomic E-state index is 12.3. The van der Waals surface area contributed by atoms with Crippen molar-refractivity contribution in [3.8, 4) is 0 Å². The molecule has 108 valence electrons. The van der Waals surface area contributed by atoms with Crippen molar-refractivity contribution in [1.29, 1.82) is 0 Å². The molecule has 1 aromatic carbocycles. The molecule has 0 aliphatic rings. The average molecular weight is 370 g/mol. The fraction of sp³-hybridized carbons (Fsp3) is 0.500. The fourth-order valence-electron chi connectivity index (χ4n) is 1.76. The number of anilines is 1. The third-order valence-corrected chi connectivity index (χ3v) is 5.68. The zero-order chi connectivity index (χ0) is 14.6. The molecule has 4 nitrogen and oxygen atoms in total. The third kappa shape index (κ3) is 4.34. The molecule has 1 rings (SSSR count). The Balaban J connectivity index is 3.13. The van der Waals surface area contributed by atoms with E-state index in [4.69, 9.17) is 17.3 Å². The Morgan fingerprint density at radius 2 is 2.05 bits per heavy atom. The average Bonchev–Trinajstić information content (AvgIpc) is 2.32. The number of hydrogen-bond acceptors (Lipinski definition) is 3. The van der Waals surface area contributed by atoms with Crippen molar-refractivity contribution in [2.45, 2.75) is 44.0 Å². The first-order chi connectivity index (χ1) is 8.81. The molecule has 0 amide bonds. The Bertz CT molecular complexity index is 549. The maximum atomic E-state index is 12.3. The van der Waals surface area contributed by atoms with Gasteiger partial charge in [-0.2, -0.15) is 0 Å². The van der Waals surface area contributed by atoms with Crippen molar-refractivity contribution in [1.82, 2.24) is 4.72 Å². The minimum absolute atomic E-state index is 0.0760. The summed E-state index contributed by atoms with van der Waals surface area (Å²) < 4.78 is 27.7. The largest absolute Gasteiger partial charge is 0.398 e. The topological polar surface area (TPSA) is 72.2 Å². The molecular weight excluding hydrogens is 352 g/mol. The van der Waals surface area contributed by atoms with Gasteiger partial charge in [0.1, 0.15) is 0 Å². The first-order valence-corrected chi connectivity index (χ1v) is 8.74. The molecule has 1 atom stereocenters. The Hall–Kier alpha value is -0.300. The number of nitrogen functional groups attached to an aromatic ring is 1. The van der Waals surface area contributed by atoms with Gasteiger partial charge in [0.2, 0.25) is 10.0 Å². The van der Waals surface area contributed by atoms with Crippen LogP contribution in [-0.4, -0.2) is 14.5 Å². The van der Waals surface area contributed by atoms with Crippen LogP contribution in [0.1, 0.15) is 33.1 Å². The summed E-state index contributed by atoms with van der Waals surface area (Å²) in [5.74, 6) is 0. The number of hydrogen-bond donors (Lipinski definition) is 2. The number of halogens is 2. The van der Waals surface area contributed by atoms with E-state index in [9.17, 15) is 8.42 Å². The molecule has 0 bridgehead atoms. The summed E-state index contributed by atoms with van der Waals surface area (Å²) in [6.07, 6.45) is 2.45. The Labute approximate surface area is 127 Å². The van der Waals surface area contributed by atoms with Crippen LogP contribution in [0.4, 0.5) is 5.69 Å². The van der Waals surface area contributed by atoms with E-state index in [0.29, 0.717) is 15.2 Å². The van der Waals surface area contributed by atoms with Gasteiger partial charge >= 0.3 is 0 Å². The van der Waals surface area contributed by atoms with E-state index >= 15 is 0 Å². The van der Waals surface area contributed by atoms with Gasteiger partial charge in [0.05, 0.1) is 9.37 Å². The quantitative estimate of drug-likeness (QED) is 0.753. The minimum Gasteiger partial charge on any atom is -0.398 e. The van der Waals surface area contributed by atoms with Gasteiger partial charge in [0, 0.05) is 16.8 Å². The van der Waals surface area contributed by atoms with Gasteiger partial charge in [-0.05, 0) is 40.9 Å². The molecule has 3 N–H and O–H groups in total. The molecule has 0 radical (unpaired) electrons. The van der Waals surface area contributed by atoms with Crippen molar-refractivity contribution in [2.75, 3.05) is 5.73 Å². The van der Waals surface area contributed by atoms with Gasteiger partial charge in [-0.3, -0.25) is 0 Å². The molecular formula is C12H18BrClN2O2S. The van der Waals surface area contributed by atoms with Gasteiger partial charge in [0.25, 0.3) is 0 Å².